The normalized spacial score (nSPS) is 11.6. The lowest BCUT2D eigenvalue weighted by molar-refractivity contribution is -0.137. The zero-order valence-corrected chi connectivity index (χ0v) is 11.0. The number of rotatable bonds is 7. The Bertz CT molecular complexity index is 481. The molecule has 1 aromatic heterocycles. The van der Waals surface area contributed by atoms with Gasteiger partial charge in [0.25, 0.3) is 0 Å². The average molecular weight is 278 g/mol. The number of thiazole rings is 1. The van der Waals surface area contributed by atoms with Crippen LogP contribution in [0.15, 0.2) is 5.38 Å². The number of aliphatic carboxylic acids is 1. The number of carboxylic acid groups (broad SMARTS) is 1. The molecule has 0 unspecified atom stereocenters. The molecular weight excluding hydrogens is 264 g/mol. The van der Waals surface area contributed by atoms with E-state index in [2.05, 4.69) is 9.71 Å². The van der Waals surface area contributed by atoms with Gasteiger partial charge >= 0.3 is 5.97 Å². The monoisotopic (exact) mass is 278 g/mol. The average Bonchev–Trinajstić information content (AvgIpc) is 2.61. The van der Waals surface area contributed by atoms with Gasteiger partial charge in [-0.05, 0) is 13.3 Å². The van der Waals surface area contributed by atoms with E-state index in [4.69, 9.17) is 5.11 Å². The summed E-state index contributed by atoms with van der Waals surface area (Å²) in [5.74, 6) is -1.17. The molecule has 6 nitrogen and oxygen atoms in total. The molecule has 0 aliphatic carbocycles. The summed E-state index contributed by atoms with van der Waals surface area (Å²) >= 11 is 1.39. The molecule has 0 aliphatic heterocycles. The van der Waals surface area contributed by atoms with Crippen LogP contribution in [-0.2, 0) is 21.4 Å². The Balaban J connectivity index is 2.36. The summed E-state index contributed by atoms with van der Waals surface area (Å²) in [4.78, 5) is 14.4. The van der Waals surface area contributed by atoms with Gasteiger partial charge in [0.05, 0.1) is 12.3 Å². The van der Waals surface area contributed by atoms with Gasteiger partial charge in [-0.3, -0.25) is 4.79 Å². The Kier molecular flexibility index (Phi) is 5.03. The Morgan fingerprint density at radius 3 is 2.82 bits per heavy atom. The quantitative estimate of drug-likeness (QED) is 0.766. The molecule has 0 radical (unpaired) electrons. The van der Waals surface area contributed by atoms with Gasteiger partial charge in [0.15, 0.2) is 0 Å². The molecule has 0 aliphatic rings. The third kappa shape index (κ3) is 5.76. The van der Waals surface area contributed by atoms with E-state index in [1.807, 2.05) is 12.3 Å². The molecule has 96 valence electrons. The second-order valence-electron chi connectivity index (χ2n) is 3.52. The number of hydrogen-bond donors (Lipinski definition) is 2. The lowest BCUT2D eigenvalue weighted by Crippen LogP contribution is -2.26. The zero-order chi connectivity index (χ0) is 12.9. The van der Waals surface area contributed by atoms with Crippen molar-refractivity contribution in [1.82, 2.24) is 9.71 Å². The van der Waals surface area contributed by atoms with E-state index in [0.29, 0.717) is 5.01 Å². The van der Waals surface area contributed by atoms with Crippen molar-refractivity contribution in [3.8, 4) is 0 Å². The fourth-order valence-electron chi connectivity index (χ4n) is 1.14. The summed E-state index contributed by atoms with van der Waals surface area (Å²) in [7, 11) is -3.41. The van der Waals surface area contributed by atoms with Crippen molar-refractivity contribution in [3.63, 3.8) is 0 Å². The summed E-state index contributed by atoms with van der Waals surface area (Å²) < 4.78 is 25.3. The van der Waals surface area contributed by atoms with Crippen molar-refractivity contribution < 1.29 is 18.3 Å². The highest BCUT2D eigenvalue weighted by molar-refractivity contribution is 7.89. The van der Waals surface area contributed by atoms with Crippen LogP contribution in [0.4, 0.5) is 0 Å². The molecule has 0 aromatic carbocycles. The Labute approximate surface area is 104 Å². The van der Waals surface area contributed by atoms with E-state index in [1.54, 1.807) is 0 Å². The third-order valence-corrected chi connectivity index (χ3v) is 4.29. The molecule has 0 fully saturated rings. The molecule has 0 spiro atoms. The Hall–Kier alpha value is -0.990. The van der Waals surface area contributed by atoms with Gasteiger partial charge in [0.1, 0.15) is 5.01 Å². The second kappa shape index (κ2) is 6.08. The molecule has 0 saturated carbocycles. The second-order valence-corrected chi connectivity index (χ2v) is 6.39. The molecule has 1 heterocycles. The lowest BCUT2D eigenvalue weighted by Gasteiger charge is -2.03. The molecule has 0 bridgehead atoms. The van der Waals surface area contributed by atoms with Crippen LogP contribution in [0.2, 0.25) is 0 Å². The maximum Gasteiger partial charge on any atom is 0.303 e. The highest BCUT2D eigenvalue weighted by Gasteiger charge is 2.11. The van der Waals surface area contributed by atoms with Gasteiger partial charge in [0.2, 0.25) is 10.0 Å². The van der Waals surface area contributed by atoms with E-state index >= 15 is 0 Å². The van der Waals surface area contributed by atoms with E-state index in [9.17, 15) is 13.2 Å². The fraction of sp³-hybridized carbons (Fsp3) is 0.556. The van der Waals surface area contributed by atoms with Crippen LogP contribution < -0.4 is 4.72 Å². The first-order valence-electron chi connectivity index (χ1n) is 4.99. The maximum absolute atomic E-state index is 11.5. The van der Waals surface area contributed by atoms with E-state index < -0.39 is 16.0 Å². The molecular formula is C9H14N2O4S2. The van der Waals surface area contributed by atoms with Crippen molar-refractivity contribution >= 4 is 27.3 Å². The number of nitrogens with one attached hydrogen (secondary N) is 1. The predicted octanol–water partition coefficient (Wildman–Crippen LogP) is 0.736. The van der Waals surface area contributed by atoms with Crippen molar-refractivity contribution in [2.24, 2.45) is 0 Å². The number of aromatic nitrogens is 1. The van der Waals surface area contributed by atoms with Crippen LogP contribution in [0.5, 0.6) is 0 Å². The highest BCUT2D eigenvalue weighted by atomic mass is 32.2. The molecule has 1 aromatic rings. The molecule has 8 heteroatoms. The van der Waals surface area contributed by atoms with Gasteiger partial charge in [-0.25, -0.2) is 18.1 Å². The van der Waals surface area contributed by atoms with Crippen LogP contribution >= 0.6 is 11.3 Å². The highest BCUT2D eigenvalue weighted by Crippen LogP contribution is 2.08. The van der Waals surface area contributed by atoms with Crippen LogP contribution in [0.1, 0.15) is 23.5 Å². The first kappa shape index (κ1) is 14.1. The first-order valence-corrected chi connectivity index (χ1v) is 7.52. The summed E-state index contributed by atoms with van der Waals surface area (Å²) in [6.45, 7) is 2.00. The van der Waals surface area contributed by atoms with Gasteiger partial charge in [-0.1, -0.05) is 0 Å². The summed E-state index contributed by atoms with van der Waals surface area (Å²) in [6.07, 6.45) is -0.0289. The summed E-state index contributed by atoms with van der Waals surface area (Å²) in [5, 5.41) is 10.9. The van der Waals surface area contributed by atoms with E-state index in [-0.39, 0.29) is 25.1 Å². The zero-order valence-electron chi connectivity index (χ0n) is 9.34. The van der Waals surface area contributed by atoms with Gasteiger partial charge in [-0.2, -0.15) is 0 Å². The molecule has 0 atom stereocenters. The molecule has 1 rings (SSSR count). The summed E-state index contributed by atoms with van der Waals surface area (Å²) in [6, 6.07) is 0. The standard InChI is InChI=1S/C9H14N2O4S2/c1-7-6-16-8(11-7)5-10-17(14,15)4-2-3-9(12)13/h6,10H,2-5H2,1H3,(H,12,13). The Morgan fingerprint density at radius 2 is 2.29 bits per heavy atom. The van der Waals surface area contributed by atoms with Gasteiger partial charge in [0, 0.05) is 17.5 Å². The van der Waals surface area contributed by atoms with Crippen molar-refractivity contribution in [1.29, 1.82) is 0 Å². The predicted molar refractivity (Wildman–Crippen MR) is 64.3 cm³/mol. The minimum atomic E-state index is -3.41. The maximum atomic E-state index is 11.5. The summed E-state index contributed by atoms with van der Waals surface area (Å²) in [5.41, 5.74) is 0.857. The van der Waals surface area contributed by atoms with E-state index in [0.717, 1.165) is 5.69 Å². The van der Waals surface area contributed by atoms with Gasteiger partial charge < -0.3 is 5.11 Å². The fourth-order valence-corrected chi connectivity index (χ4v) is 2.97. The number of carbonyl (C=O) groups is 1. The molecule has 0 amide bonds. The van der Waals surface area contributed by atoms with Crippen molar-refractivity contribution in [2.45, 2.75) is 26.3 Å². The van der Waals surface area contributed by atoms with E-state index in [1.165, 1.54) is 11.3 Å². The molecule has 0 saturated heterocycles. The number of carboxylic acids is 1. The lowest BCUT2D eigenvalue weighted by atomic mass is 10.3. The topological polar surface area (TPSA) is 96.4 Å². The van der Waals surface area contributed by atoms with Gasteiger partial charge in [-0.15, -0.1) is 11.3 Å². The van der Waals surface area contributed by atoms with Crippen LogP contribution in [0, 0.1) is 6.92 Å². The number of sulfonamides is 1. The number of hydrogen-bond acceptors (Lipinski definition) is 5. The minimum absolute atomic E-state index is 0.113. The van der Waals surface area contributed by atoms with Crippen LogP contribution in [0.25, 0.3) is 0 Å². The Morgan fingerprint density at radius 1 is 1.59 bits per heavy atom. The number of nitrogens with zero attached hydrogens (tertiary/aromatic N) is 1. The van der Waals surface area contributed by atoms with Crippen molar-refractivity contribution in [3.05, 3.63) is 16.1 Å². The smallest absolute Gasteiger partial charge is 0.303 e. The van der Waals surface area contributed by atoms with Crippen molar-refractivity contribution in [2.75, 3.05) is 5.75 Å². The third-order valence-electron chi connectivity index (χ3n) is 1.91. The SMILES string of the molecule is Cc1csc(CNS(=O)(=O)CCCC(=O)O)n1. The van der Waals surface area contributed by atoms with Crippen LogP contribution in [0.3, 0.4) is 0 Å². The molecule has 2 N–H and O–H groups in total. The largest absolute Gasteiger partial charge is 0.481 e. The van der Waals surface area contributed by atoms with Crippen LogP contribution in [-0.4, -0.2) is 30.2 Å². The first-order chi connectivity index (χ1) is 7.89. The molecule has 17 heavy (non-hydrogen) atoms. The minimum Gasteiger partial charge on any atom is -0.481 e. The number of aryl methyl sites for hydroxylation is 1.